The molecular formula is C19H42NO3Si2Y-. The molecule has 1 aliphatic rings. The molecule has 0 saturated heterocycles. The summed E-state index contributed by atoms with van der Waals surface area (Å²) in [4.78, 5) is 0. The van der Waals surface area contributed by atoms with Gasteiger partial charge in [0.1, 0.15) is 0 Å². The molecule has 0 bridgehead atoms. The third kappa shape index (κ3) is 8.01. The van der Waals surface area contributed by atoms with Crippen molar-refractivity contribution in [1.82, 2.24) is 5.32 Å². The molecule has 0 amide bonds. The van der Waals surface area contributed by atoms with Crippen molar-refractivity contribution in [2.24, 2.45) is 5.92 Å². The summed E-state index contributed by atoms with van der Waals surface area (Å²) in [5.41, 5.74) is 1.60. The van der Waals surface area contributed by atoms with E-state index in [9.17, 15) is 0 Å². The smallest absolute Gasteiger partial charge is 0.332 e. The minimum absolute atomic E-state index is 0. The van der Waals surface area contributed by atoms with Crippen LogP contribution in [0.25, 0.3) is 0 Å². The van der Waals surface area contributed by atoms with Crippen molar-refractivity contribution in [3.63, 3.8) is 0 Å². The molecule has 0 heterocycles. The molecule has 1 N–H and O–H groups in total. The van der Waals surface area contributed by atoms with Gasteiger partial charge in [-0.3, -0.25) is 6.42 Å². The van der Waals surface area contributed by atoms with E-state index < -0.39 is 18.3 Å². The van der Waals surface area contributed by atoms with Gasteiger partial charge in [0.2, 0.25) is 0 Å². The van der Waals surface area contributed by atoms with Crippen LogP contribution in [-0.4, -0.2) is 50.2 Å². The summed E-state index contributed by atoms with van der Waals surface area (Å²) in [6.45, 7) is 18.6. The molecule has 1 saturated carbocycles. The fraction of sp³-hybridized carbons (Fsp3) is 0.947. The van der Waals surface area contributed by atoms with Crippen molar-refractivity contribution < 1.29 is 46.0 Å². The first-order valence-corrected chi connectivity index (χ1v) is 13.4. The molecule has 0 aromatic rings. The van der Waals surface area contributed by atoms with Crippen LogP contribution in [0.3, 0.4) is 0 Å². The maximum Gasteiger partial charge on any atom is 0.332 e. The van der Waals surface area contributed by atoms with Crippen LogP contribution in [0.2, 0.25) is 16.6 Å². The van der Waals surface area contributed by atoms with E-state index in [4.69, 9.17) is 13.3 Å². The minimum Gasteiger partial charge on any atom is -0.441 e. The molecule has 1 aliphatic carbocycles. The molecule has 1 radical (unpaired) electrons. The molecule has 2 unspecified atom stereocenters. The Bertz CT molecular complexity index is 376. The van der Waals surface area contributed by atoms with Crippen molar-refractivity contribution in [3.05, 3.63) is 6.42 Å². The third-order valence-corrected chi connectivity index (χ3v) is 12.0. The number of rotatable bonds is 11. The first-order chi connectivity index (χ1) is 11.6. The van der Waals surface area contributed by atoms with Gasteiger partial charge >= 0.3 is 8.56 Å². The van der Waals surface area contributed by atoms with Gasteiger partial charge in [-0.1, -0.05) is 54.1 Å². The fourth-order valence-electron chi connectivity index (χ4n) is 3.68. The van der Waals surface area contributed by atoms with Crippen LogP contribution in [0.1, 0.15) is 61.8 Å². The summed E-state index contributed by atoms with van der Waals surface area (Å²) < 4.78 is 19.5. The van der Waals surface area contributed by atoms with Crippen molar-refractivity contribution in [2.75, 3.05) is 13.7 Å². The molecule has 0 aromatic heterocycles. The summed E-state index contributed by atoms with van der Waals surface area (Å²) in [5.74, 6) is 0.411. The van der Waals surface area contributed by atoms with Gasteiger partial charge in [0.05, 0.1) is 0 Å². The summed E-state index contributed by atoms with van der Waals surface area (Å²) >= 11 is 0. The van der Waals surface area contributed by atoms with Crippen molar-refractivity contribution in [1.29, 1.82) is 0 Å². The molecule has 153 valence electrons. The average molecular weight is 478 g/mol. The van der Waals surface area contributed by atoms with E-state index in [1.807, 2.05) is 7.05 Å². The summed E-state index contributed by atoms with van der Waals surface area (Å²) in [7, 11) is -0.733. The Morgan fingerprint density at radius 1 is 1.08 bits per heavy atom. The van der Waals surface area contributed by atoms with E-state index in [1.165, 1.54) is 0 Å². The normalized spacial score (nSPS) is 24.6. The van der Waals surface area contributed by atoms with Crippen LogP contribution in [0, 0.1) is 12.3 Å². The zero-order chi connectivity index (χ0) is 19.2. The predicted octanol–water partition coefficient (Wildman–Crippen LogP) is 3.80. The van der Waals surface area contributed by atoms with E-state index in [-0.39, 0.29) is 44.9 Å². The van der Waals surface area contributed by atoms with Crippen LogP contribution >= 0.6 is 0 Å². The molecular weight excluding hydrogens is 435 g/mol. The topological polar surface area (TPSA) is 39.7 Å². The van der Waals surface area contributed by atoms with Gasteiger partial charge in [0, 0.05) is 45.4 Å². The largest absolute Gasteiger partial charge is 0.441 e. The van der Waals surface area contributed by atoms with E-state index in [0.717, 1.165) is 13.0 Å². The monoisotopic (exact) mass is 477 g/mol. The average Bonchev–Trinajstić information content (AvgIpc) is 2.88. The van der Waals surface area contributed by atoms with Gasteiger partial charge in [0.25, 0.3) is 0 Å². The molecule has 0 aromatic carbocycles. The zero-order valence-corrected chi connectivity index (χ0v) is 23.8. The first kappa shape index (κ1) is 27.4. The van der Waals surface area contributed by atoms with Crippen molar-refractivity contribution in [3.8, 4) is 0 Å². The molecule has 0 spiro atoms. The predicted molar refractivity (Wildman–Crippen MR) is 112 cm³/mol. The molecule has 3 atom stereocenters. The Balaban J connectivity index is 0.00000625. The number of hydrogen-bond donors (Lipinski definition) is 1. The second-order valence-corrected chi connectivity index (χ2v) is 15.9. The van der Waals surface area contributed by atoms with E-state index in [0.29, 0.717) is 28.6 Å². The van der Waals surface area contributed by atoms with E-state index in [2.05, 4.69) is 67.1 Å². The van der Waals surface area contributed by atoms with Gasteiger partial charge in [-0.2, -0.15) is 0 Å². The molecule has 1 rings (SSSR count). The third-order valence-electron chi connectivity index (χ3n) is 5.02. The summed E-state index contributed by atoms with van der Waals surface area (Å²) in [6, 6.07) is 0.414. The molecule has 26 heavy (non-hydrogen) atoms. The minimum atomic E-state index is -2.21. The van der Waals surface area contributed by atoms with Crippen molar-refractivity contribution in [2.45, 2.75) is 96.7 Å². The Kier molecular flexibility index (Phi) is 13.5. The summed E-state index contributed by atoms with van der Waals surface area (Å²) in [5, 5.41) is 3.38. The Labute approximate surface area is 191 Å². The maximum absolute atomic E-state index is 6.72. The van der Waals surface area contributed by atoms with E-state index in [1.54, 1.807) is 0 Å². The number of hydrogen-bond acceptors (Lipinski definition) is 4. The van der Waals surface area contributed by atoms with Crippen molar-refractivity contribution >= 4 is 18.3 Å². The zero-order valence-electron chi connectivity index (χ0n) is 18.5. The SMILES string of the molecule is CNC1[CH-]C(OC(C)C)[C@@H](CO[Si](O[SiH2]C(C)C)(C(C)C)C(C)C)C1.[Y]. The standard InChI is InChI=1S/C19H42NO3Si2.Y/c1-13(2)22-19-11-18(20-9)10-17(19)12-21-25(15(5)6,16(7)8)23-24-14(3)4;/h11,13-20H,10,12,24H2,1-9H3;/q-1;/t17-,18?,19?;/m1./s1. The van der Waals surface area contributed by atoms with Gasteiger partial charge in [-0.25, -0.2) is 0 Å². The van der Waals surface area contributed by atoms with Gasteiger partial charge in [-0.15, -0.1) is 6.04 Å². The van der Waals surface area contributed by atoms with Gasteiger partial charge in [0.15, 0.2) is 9.76 Å². The first-order valence-electron chi connectivity index (χ1n) is 10.1. The van der Waals surface area contributed by atoms with Crippen LogP contribution < -0.4 is 5.32 Å². The van der Waals surface area contributed by atoms with Crippen LogP contribution in [0.4, 0.5) is 0 Å². The van der Waals surface area contributed by atoms with Crippen LogP contribution in [0.15, 0.2) is 0 Å². The molecule has 0 aliphatic heterocycles. The fourth-order valence-corrected chi connectivity index (χ4v) is 11.5. The molecule has 7 heteroatoms. The number of nitrogens with one attached hydrogen (secondary N) is 1. The summed E-state index contributed by atoms with van der Waals surface area (Å²) in [6.07, 6.45) is 3.80. The maximum atomic E-state index is 6.72. The van der Waals surface area contributed by atoms with E-state index >= 15 is 0 Å². The van der Waals surface area contributed by atoms with Gasteiger partial charge < -0.3 is 18.6 Å². The Morgan fingerprint density at radius 2 is 1.65 bits per heavy atom. The quantitative estimate of drug-likeness (QED) is 0.363. The number of ether oxygens (including phenoxy) is 1. The van der Waals surface area contributed by atoms with Crippen LogP contribution in [-0.2, 0) is 46.0 Å². The second kappa shape index (κ2) is 12.8. The molecule has 1 fully saturated rings. The van der Waals surface area contributed by atoms with Crippen LogP contribution in [0.5, 0.6) is 0 Å². The Morgan fingerprint density at radius 3 is 2.08 bits per heavy atom. The van der Waals surface area contributed by atoms with Gasteiger partial charge in [-0.05, 0) is 43.4 Å². The Hall–Kier alpha value is 1.38. The second-order valence-electron chi connectivity index (χ2n) is 8.78. The molecule has 4 nitrogen and oxygen atoms in total.